The minimum absolute atomic E-state index is 0.00530. The fourth-order valence-corrected chi connectivity index (χ4v) is 10.5. The highest BCUT2D eigenvalue weighted by Gasteiger charge is 2.40. The van der Waals surface area contributed by atoms with Gasteiger partial charge in [-0.1, -0.05) is 6.07 Å². The Balaban J connectivity index is 0.751. The molecule has 17 heteroatoms. The predicted molar refractivity (Wildman–Crippen MR) is 230 cm³/mol. The third-order valence-electron chi connectivity index (χ3n) is 14.3. The van der Waals surface area contributed by atoms with Crippen LogP contribution in [0.3, 0.4) is 0 Å². The Morgan fingerprint density at radius 3 is 2.47 bits per heavy atom. The summed E-state index contributed by atoms with van der Waals surface area (Å²) in [5.41, 5.74) is 8.72. The van der Waals surface area contributed by atoms with Crippen LogP contribution in [0.25, 0.3) is 5.65 Å². The van der Waals surface area contributed by atoms with Crippen LogP contribution in [0.4, 0.5) is 26.0 Å². The van der Waals surface area contributed by atoms with Gasteiger partial charge in [0.15, 0.2) is 11.3 Å². The second kappa shape index (κ2) is 17.5. The fourth-order valence-electron chi connectivity index (χ4n) is 10.5. The van der Waals surface area contributed by atoms with Gasteiger partial charge in [-0.25, -0.2) is 18.3 Å². The molecule has 1 spiro atoms. The molecule has 1 aromatic carbocycles. The van der Waals surface area contributed by atoms with E-state index in [0.29, 0.717) is 48.1 Å². The van der Waals surface area contributed by atoms with Crippen molar-refractivity contribution in [3.63, 3.8) is 0 Å². The summed E-state index contributed by atoms with van der Waals surface area (Å²) >= 11 is 0. The Morgan fingerprint density at radius 1 is 0.968 bits per heavy atom. The molecular weight excluding hydrogens is 797 g/mol. The molecule has 4 aromatic rings. The van der Waals surface area contributed by atoms with E-state index in [1.807, 2.05) is 36.1 Å². The summed E-state index contributed by atoms with van der Waals surface area (Å²) in [4.78, 5) is 64.5. The average Bonchev–Trinajstić information content (AvgIpc) is 3.90. The Labute approximate surface area is 360 Å². The first-order chi connectivity index (χ1) is 29.9. The van der Waals surface area contributed by atoms with Crippen molar-refractivity contribution >= 4 is 46.3 Å². The molecule has 0 radical (unpaired) electrons. The molecule has 3 N–H and O–H groups in total. The van der Waals surface area contributed by atoms with Gasteiger partial charge in [-0.05, 0) is 106 Å². The van der Waals surface area contributed by atoms with E-state index in [-0.39, 0.29) is 52.8 Å². The van der Waals surface area contributed by atoms with Crippen molar-refractivity contribution < 1.29 is 28.0 Å². The number of likely N-dealkylation sites (tertiary alicyclic amines) is 2. The number of rotatable bonds is 9. The van der Waals surface area contributed by atoms with Gasteiger partial charge in [-0.15, -0.1) is 0 Å². The van der Waals surface area contributed by atoms with E-state index in [1.165, 1.54) is 10.7 Å². The minimum Gasteiger partial charge on any atom is -0.355 e. The number of benzene rings is 1. The van der Waals surface area contributed by atoms with Crippen molar-refractivity contribution in [2.75, 3.05) is 67.5 Å². The summed E-state index contributed by atoms with van der Waals surface area (Å²) in [7, 11) is 0. The number of hydrogen-bond donors (Lipinski definition) is 2. The zero-order chi connectivity index (χ0) is 43.1. The number of nitrogens with zero attached hydrogens (tertiary/aromatic N) is 9. The number of hydrogen-bond acceptors (Lipinski definition) is 10. The largest absolute Gasteiger partial charge is 0.355 e. The number of piperidine rings is 4. The number of amides is 3. The lowest BCUT2D eigenvalue weighted by Crippen LogP contribution is -2.45. The zero-order valence-corrected chi connectivity index (χ0v) is 35.5. The summed E-state index contributed by atoms with van der Waals surface area (Å²) < 4.78 is 31.7. The molecular formula is C45H57F2N11O4. The Morgan fingerprint density at radius 2 is 1.74 bits per heavy atom. The Kier molecular flexibility index (Phi) is 11.8. The van der Waals surface area contributed by atoms with Gasteiger partial charge in [-0.2, -0.15) is 10.2 Å². The number of ketones is 1. The maximum Gasteiger partial charge on any atom is 0.284 e. The van der Waals surface area contributed by atoms with Gasteiger partial charge in [0.1, 0.15) is 17.2 Å². The molecule has 9 rings (SSSR count). The average molecular weight is 854 g/mol. The zero-order valence-electron chi connectivity index (χ0n) is 35.5. The highest BCUT2D eigenvalue weighted by Crippen LogP contribution is 2.47. The van der Waals surface area contributed by atoms with Gasteiger partial charge in [-0.3, -0.25) is 23.9 Å². The normalized spacial score (nSPS) is 22.0. The molecule has 330 valence electrons. The van der Waals surface area contributed by atoms with Crippen molar-refractivity contribution in [3.05, 3.63) is 65.2 Å². The van der Waals surface area contributed by atoms with Crippen LogP contribution in [0.15, 0.2) is 42.9 Å². The summed E-state index contributed by atoms with van der Waals surface area (Å²) in [6.45, 7) is 7.89. The number of nitrogens with one attached hydrogen (secondary N) is 1. The number of carbonyl (C=O) groups excluding carboxylic acids is 4. The predicted octanol–water partition coefficient (Wildman–Crippen LogP) is 5.80. The van der Waals surface area contributed by atoms with E-state index in [9.17, 15) is 28.0 Å². The molecule has 4 saturated heterocycles. The fraction of sp³-hybridized carbons (Fsp3) is 0.578. The molecule has 62 heavy (non-hydrogen) atoms. The number of anilines is 3. The number of halogens is 2. The van der Waals surface area contributed by atoms with Gasteiger partial charge >= 0.3 is 0 Å². The number of aromatic nitrogens is 5. The van der Waals surface area contributed by atoms with Crippen LogP contribution in [0, 0.1) is 18.3 Å². The molecule has 7 heterocycles. The lowest BCUT2D eigenvalue weighted by atomic mass is 9.65. The Bertz CT molecular complexity index is 2320. The topological polar surface area (TPSA) is 167 Å². The summed E-state index contributed by atoms with van der Waals surface area (Å²) in [5, 5.41) is 11.3. The van der Waals surface area contributed by atoms with Gasteiger partial charge in [0.2, 0.25) is 5.91 Å². The van der Waals surface area contributed by atoms with E-state index in [2.05, 4.69) is 25.3 Å². The van der Waals surface area contributed by atoms with E-state index < -0.39 is 18.0 Å². The van der Waals surface area contributed by atoms with Crippen LogP contribution in [-0.4, -0.2) is 116 Å². The number of alkyl halides is 2. The number of Topliss-reactive ketones (excluding diaryl/α,β-unsaturated/α-hetero) is 1. The van der Waals surface area contributed by atoms with Gasteiger partial charge in [0.25, 0.3) is 18.2 Å². The summed E-state index contributed by atoms with van der Waals surface area (Å²) in [6, 6.07) is 7.39. The van der Waals surface area contributed by atoms with Crippen LogP contribution >= 0.6 is 0 Å². The molecule has 3 aromatic heterocycles. The monoisotopic (exact) mass is 853 g/mol. The van der Waals surface area contributed by atoms with Crippen LogP contribution in [0.1, 0.15) is 121 Å². The SMILES string of the molecule is Cc1ccc(C(=O)N2CCC3(CCC(CN4CCC(n5cc(NC(=O)c6cnn7ccc(N8CCC[C@H](N)C8)nc67)c(C(F)F)n5)CC4)CC3)CC2)cc1N1CCC(=O)CC1=O. The van der Waals surface area contributed by atoms with Gasteiger partial charge < -0.3 is 30.7 Å². The first-order valence-corrected chi connectivity index (χ1v) is 22.4. The van der Waals surface area contributed by atoms with Crippen molar-refractivity contribution in [3.8, 4) is 0 Å². The molecule has 5 aliphatic rings. The van der Waals surface area contributed by atoms with Crippen molar-refractivity contribution in [2.45, 2.75) is 102 Å². The Hall–Kier alpha value is -5.29. The second-order valence-electron chi connectivity index (χ2n) is 18.4. The van der Waals surface area contributed by atoms with E-state index in [1.54, 1.807) is 22.0 Å². The van der Waals surface area contributed by atoms with Crippen LogP contribution in [0.5, 0.6) is 0 Å². The molecule has 5 fully saturated rings. The minimum atomic E-state index is -2.86. The van der Waals surface area contributed by atoms with E-state index >= 15 is 0 Å². The lowest BCUT2D eigenvalue weighted by molar-refractivity contribution is -0.128. The smallest absolute Gasteiger partial charge is 0.284 e. The highest BCUT2D eigenvalue weighted by atomic mass is 19.3. The standard InChI is InChI=1S/C45H57F2N11O4/c1-29-4-5-31(23-37(29)56-19-10-34(59)24-39(56)60)44(62)54-21-14-45(15-22-54)12-6-30(7-13-45)26-53-17-8-33(9-18-53)58-28-36(40(52-58)41(46)47)50-43(61)35-25-49-57-20-11-38(51-42(35)57)55-16-2-3-32(48)27-55/h4-5,11,20,23,25,28,30,32-33,41H,2-3,6-10,12-19,21-22,24,26-27,48H2,1H3,(H,50,61)/t32-/m0/s1. The highest BCUT2D eigenvalue weighted by molar-refractivity contribution is 6.09. The molecule has 1 saturated carbocycles. The maximum atomic E-state index is 14.3. The lowest BCUT2D eigenvalue weighted by Gasteiger charge is -2.47. The van der Waals surface area contributed by atoms with Crippen molar-refractivity contribution in [2.24, 2.45) is 17.1 Å². The number of aryl methyl sites for hydroxylation is 1. The number of nitrogens with two attached hydrogens (primary N) is 1. The number of fused-ring (bicyclic) bond motifs is 1. The first-order valence-electron chi connectivity index (χ1n) is 22.4. The molecule has 1 aliphatic carbocycles. The third-order valence-corrected chi connectivity index (χ3v) is 14.3. The van der Waals surface area contributed by atoms with Crippen molar-refractivity contribution in [1.82, 2.24) is 34.2 Å². The quantitative estimate of drug-likeness (QED) is 0.197. The maximum absolute atomic E-state index is 14.3. The first kappa shape index (κ1) is 42.0. The third kappa shape index (κ3) is 8.70. The number of carbonyl (C=O) groups is 4. The van der Waals surface area contributed by atoms with E-state index in [4.69, 9.17) is 10.7 Å². The molecule has 4 aliphatic heterocycles. The second-order valence-corrected chi connectivity index (χ2v) is 18.4. The van der Waals surface area contributed by atoms with Gasteiger partial charge in [0, 0.05) is 88.5 Å². The van der Waals surface area contributed by atoms with Crippen molar-refractivity contribution in [1.29, 1.82) is 0 Å². The molecule has 0 unspecified atom stereocenters. The van der Waals surface area contributed by atoms with Crippen LogP contribution in [0.2, 0.25) is 0 Å². The molecule has 15 nitrogen and oxygen atoms in total. The van der Waals surface area contributed by atoms with Crippen LogP contribution in [-0.2, 0) is 9.59 Å². The summed E-state index contributed by atoms with van der Waals surface area (Å²) in [5.74, 6) is 0.457. The van der Waals surface area contributed by atoms with E-state index in [0.717, 1.165) is 109 Å². The summed E-state index contributed by atoms with van der Waals surface area (Å²) in [6.07, 6.45) is 12.1. The molecule has 1 atom stereocenters. The molecule has 0 bridgehead atoms. The molecule has 3 amide bonds. The van der Waals surface area contributed by atoms with Gasteiger partial charge in [0.05, 0.1) is 24.3 Å². The van der Waals surface area contributed by atoms with Crippen LogP contribution < -0.4 is 20.9 Å².